The number of rotatable bonds is 9. The van der Waals surface area contributed by atoms with E-state index in [4.69, 9.17) is 0 Å². The van der Waals surface area contributed by atoms with Crippen LogP contribution in [0, 0.1) is 5.82 Å². The Labute approximate surface area is 152 Å². The standard InChI is InChI=1S/C21H26F4O/c1-2-3-4-5-6-9-14-20(26-21(23,24)25)15-12-17(13-16-20)18-10-7-8-11-19(18)22/h7-8,10-13,15H,2-6,9,14,16H2,1H3. The van der Waals surface area contributed by atoms with Crippen LogP contribution in [-0.4, -0.2) is 12.0 Å². The van der Waals surface area contributed by atoms with Crippen molar-refractivity contribution < 1.29 is 22.3 Å². The first kappa shape index (κ1) is 20.7. The Morgan fingerprint density at radius 3 is 2.35 bits per heavy atom. The van der Waals surface area contributed by atoms with Crippen LogP contribution in [0.15, 0.2) is 42.5 Å². The van der Waals surface area contributed by atoms with Gasteiger partial charge in [0.1, 0.15) is 5.82 Å². The average Bonchev–Trinajstić information content (AvgIpc) is 2.58. The molecule has 1 unspecified atom stereocenters. The van der Waals surface area contributed by atoms with Crippen LogP contribution in [0.5, 0.6) is 0 Å². The fraction of sp³-hybridized carbons (Fsp3) is 0.524. The monoisotopic (exact) mass is 370 g/mol. The minimum absolute atomic E-state index is 0.0850. The van der Waals surface area contributed by atoms with E-state index in [1.807, 2.05) is 0 Å². The van der Waals surface area contributed by atoms with E-state index in [1.165, 1.54) is 12.1 Å². The van der Waals surface area contributed by atoms with Crippen molar-refractivity contribution in [2.24, 2.45) is 0 Å². The summed E-state index contributed by atoms with van der Waals surface area (Å²) in [6.45, 7) is 2.12. The molecule has 144 valence electrons. The lowest BCUT2D eigenvalue weighted by Gasteiger charge is -2.33. The van der Waals surface area contributed by atoms with Gasteiger partial charge in [0.2, 0.25) is 0 Å². The summed E-state index contributed by atoms with van der Waals surface area (Å²) >= 11 is 0. The lowest BCUT2D eigenvalue weighted by Crippen LogP contribution is -2.37. The molecule has 1 atom stereocenters. The summed E-state index contributed by atoms with van der Waals surface area (Å²) in [6.07, 6.45) is 6.31. The third-order valence-corrected chi connectivity index (χ3v) is 4.69. The zero-order valence-corrected chi connectivity index (χ0v) is 15.1. The zero-order valence-electron chi connectivity index (χ0n) is 15.1. The quantitative estimate of drug-likeness (QED) is 0.330. The topological polar surface area (TPSA) is 9.23 Å². The molecule has 0 radical (unpaired) electrons. The summed E-state index contributed by atoms with van der Waals surface area (Å²) in [6, 6.07) is 6.25. The Morgan fingerprint density at radius 1 is 1.04 bits per heavy atom. The fourth-order valence-electron chi connectivity index (χ4n) is 3.30. The summed E-state index contributed by atoms with van der Waals surface area (Å²) in [5.74, 6) is -0.386. The molecule has 0 saturated heterocycles. The van der Waals surface area contributed by atoms with Gasteiger partial charge in [0.25, 0.3) is 0 Å². The zero-order chi connectivity index (χ0) is 19.0. The van der Waals surface area contributed by atoms with Crippen LogP contribution >= 0.6 is 0 Å². The van der Waals surface area contributed by atoms with Gasteiger partial charge >= 0.3 is 6.36 Å². The van der Waals surface area contributed by atoms with Crippen molar-refractivity contribution >= 4 is 5.57 Å². The number of unbranched alkanes of at least 4 members (excludes halogenated alkanes) is 5. The van der Waals surface area contributed by atoms with E-state index in [9.17, 15) is 17.6 Å². The Balaban J connectivity index is 2.03. The van der Waals surface area contributed by atoms with Crippen LogP contribution in [-0.2, 0) is 4.74 Å². The predicted molar refractivity (Wildman–Crippen MR) is 96.0 cm³/mol. The van der Waals surface area contributed by atoms with Crippen molar-refractivity contribution in [1.82, 2.24) is 0 Å². The molecular weight excluding hydrogens is 344 g/mol. The number of halogens is 4. The highest BCUT2D eigenvalue weighted by Crippen LogP contribution is 2.38. The summed E-state index contributed by atoms with van der Waals surface area (Å²) in [4.78, 5) is 0. The van der Waals surface area contributed by atoms with Gasteiger partial charge in [0.15, 0.2) is 0 Å². The number of hydrogen-bond donors (Lipinski definition) is 0. The van der Waals surface area contributed by atoms with E-state index in [1.54, 1.807) is 30.4 Å². The molecule has 2 rings (SSSR count). The van der Waals surface area contributed by atoms with Gasteiger partial charge in [-0.2, -0.15) is 0 Å². The Kier molecular flexibility index (Phi) is 7.44. The third-order valence-electron chi connectivity index (χ3n) is 4.69. The van der Waals surface area contributed by atoms with E-state index in [0.29, 0.717) is 24.0 Å². The minimum Gasteiger partial charge on any atom is -0.281 e. The van der Waals surface area contributed by atoms with Crippen LogP contribution in [0.1, 0.15) is 63.9 Å². The minimum atomic E-state index is -4.70. The largest absolute Gasteiger partial charge is 0.523 e. The van der Waals surface area contributed by atoms with Gasteiger partial charge in [-0.25, -0.2) is 4.39 Å². The van der Waals surface area contributed by atoms with Crippen molar-refractivity contribution in [1.29, 1.82) is 0 Å². The van der Waals surface area contributed by atoms with Gasteiger partial charge in [-0.1, -0.05) is 81.9 Å². The maximum Gasteiger partial charge on any atom is 0.523 e. The highest BCUT2D eigenvalue weighted by molar-refractivity contribution is 5.75. The maximum atomic E-state index is 13.9. The summed E-state index contributed by atoms with van der Waals surface area (Å²) in [5, 5.41) is 0. The number of allylic oxidation sites excluding steroid dienone is 2. The van der Waals surface area contributed by atoms with E-state index in [2.05, 4.69) is 11.7 Å². The highest BCUT2D eigenvalue weighted by Gasteiger charge is 2.42. The van der Waals surface area contributed by atoms with Crippen molar-refractivity contribution in [3.05, 3.63) is 53.9 Å². The van der Waals surface area contributed by atoms with Crippen molar-refractivity contribution in [2.75, 3.05) is 0 Å². The normalized spacial score (nSPS) is 20.3. The Morgan fingerprint density at radius 2 is 1.73 bits per heavy atom. The van der Waals surface area contributed by atoms with Gasteiger partial charge in [0.05, 0.1) is 5.60 Å². The molecule has 5 heteroatoms. The Hall–Kier alpha value is -1.62. The summed E-state index contributed by atoms with van der Waals surface area (Å²) < 4.78 is 57.1. The molecule has 0 amide bonds. The van der Waals surface area contributed by atoms with Crippen LogP contribution in [0.25, 0.3) is 5.57 Å². The van der Waals surface area contributed by atoms with Crippen molar-refractivity contribution in [3.8, 4) is 0 Å². The first-order valence-corrected chi connectivity index (χ1v) is 9.26. The van der Waals surface area contributed by atoms with Crippen molar-refractivity contribution in [3.63, 3.8) is 0 Å². The first-order valence-electron chi connectivity index (χ1n) is 9.26. The molecule has 0 heterocycles. The van der Waals surface area contributed by atoms with Crippen LogP contribution in [0.4, 0.5) is 17.6 Å². The van der Waals surface area contributed by atoms with Gasteiger partial charge in [-0.05, 0) is 24.5 Å². The first-order chi connectivity index (χ1) is 12.4. The van der Waals surface area contributed by atoms with Crippen LogP contribution in [0.2, 0.25) is 0 Å². The molecule has 0 fully saturated rings. The second kappa shape index (κ2) is 9.36. The predicted octanol–water partition coefficient (Wildman–Crippen LogP) is 7.19. The lowest BCUT2D eigenvalue weighted by molar-refractivity contribution is -0.359. The lowest BCUT2D eigenvalue weighted by atomic mass is 9.85. The number of benzene rings is 1. The molecule has 0 saturated carbocycles. The number of alkyl halides is 3. The molecule has 26 heavy (non-hydrogen) atoms. The molecule has 0 bridgehead atoms. The smallest absolute Gasteiger partial charge is 0.281 e. The van der Waals surface area contributed by atoms with Gasteiger partial charge in [0, 0.05) is 5.56 Å². The molecule has 0 aliphatic heterocycles. The third kappa shape index (κ3) is 6.27. The summed E-state index contributed by atoms with van der Waals surface area (Å²) in [5.41, 5.74) is -0.408. The number of hydrogen-bond acceptors (Lipinski definition) is 1. The maximum absolute atomic E-state index is 13.9. The summed E-state index contributed by atoms with van der Waals surface area (Å²) in [7, 11) is 0. The highest BCUT2D eigenvalue weighted by atomic mass is 19.4. The average molecular weight is 370 g/mol. The number of ether oxygens (including phenoxy) is 1. The van der Waals surface area contributed by atoms with E-state index in [-0.39, 0.29) is 12.2 Å². The molecule has 1 aliphatic carbocycles. The van der Waals surface area contributed by atoms with Crippen LogP contribution in [0.3, 0.4) is 0 Å². The molecular formula is C21H26F4O. The molecule has 0 aromatic heterocycles. The van der Waals surface area contributed by atoms with Crippen LogP contribution < -0.4 is 0 Å². The fourth-order valence-corrected chi connectivity index (χ4v) is 3.30. The van der Waals surface area contributed by atoms with E-state index >= 15 is 0 Å². The van der Waals surface area contributed by atoms with E-state index < -0.39 is 12.0 Å². The molecule has 0 N–H and O–H groups in total. The van der Waals surface area contributed by atoms with E-state index in [0.717, 1.165) is 32.1 Å². The molecule has 0 spiro atoms. The van der Waals surface area contributed by atoms with Gasteiger partial charge in [-0.15, -0.1) is 13.2 Å². The Bertz CT molecular complexity index is 633. The van der Waals surface area contributed by atoms with Crippen molar-refractivity contribution in [2.45, 2.75) is 70.3 Å². The molecule has 1 nitrogen and oxygen atoms in total. The molecule has 1 aromatic rings. The second-order valence-corrected chi connectivity index (χ2v) is 6.81. The van der Waals surface area contributed by atoms with Gasteiger partial charge < -0.3 is 0 Å². The second-order valence-electron chi connectivity index (χ2n) is 6.81. The molecule has 1 aromatic carbocycles. The SMILES string of the molecule is CCCCCCCCC1(OC(F)(F)F)C=CC(c2ccccc2F)=CC1. The molecule has 1 aliphatic rings. The van der Waals surface area contributed by atoms with Gasteiger partial charge in [-0.3, -0.25) is 4.74 Å².